The standard InChI is InChI=1S/C5H12N2O2/c1-2-3-9-7-4-5(6)8/h7H,2-4H2,1H3,(H2,6,8). The smallest absolute Gasteiger partial charge is 0.233 e. The predicted octanol–water partition coefficient (Wildman–Crippen LogP) is -0.597. The summed E-state index contributed by atoms with van der Waals surface area (Å²) in [5.74, 6) is -0.411. The fraction of sp³-hybridized carbons (Fsp3) is 0.800. The highest BCUT2D eigenvalue weighted by Gasteiger charge is 1.89. The number of rotatable bonds is 5. The number of primary amides is 1. The fourth-order valence-corrected chi connectivity index (χ4v) is 0.296. The third-order valence-electron chi connectivity index (χ3n) is 0.655. The van der Waals surface area contributed by atoms with Crippen LogP contribution in [0.5, 0.6) is 0 Å². The molecule has 0 aliphatic rings. The maximum Gasteiger partial charge on any atom is 0.233 e. The highest BCUT2D eigenvalue weighted by Crippen LogP contribution is 1.72. The van der Waals surface area contributed by atoms with Crippen LogP contribution in [-0.4, -0.2) is 19.1 Å². The number of amides is 1. The minimum Gasteiger partial charge on any atom is -0.368 e. The van der Waals surface area contributed by atoms with Crippen molar-refractivity contribution in [1.82, 2.24) is 5.48 Å². The molecule has 54 valence electrons. The Balaban J connectivity index is 2.83. The van der Waals surface area contributed by atoms with Crippen LogP contribution in [-0.2, 0) is 9.63 Å². The predicted molar refractivity (Wildman–Crippen MR) is 33.4 cm³/mol. The van der Waals surface area contributed by atoms with E-state index in [1.54, 1.807) is 0 Å². The van der Waals surface area contributed by atoms with Crippen molar-refractivity contribution in [3.05, 3.63) is 0 Å². The van der Waals surface area contributed by atoms with Gasteiger partial charge in [-0.05, 0) is 6.42 Å². The van der Waals surface area contributed by atoms with Crippen molar-refractivity contribution in [2.45, 2.75) is 13.3 Å². The first kappa shape index (κ1) is 8.39. The van der Waals surface area contributed by atoms with Gasteiger partial charge in [0.15, 0.2) is 0 Å². The minimum absolute atomic E-state index is 0.0833. The highest BCUT2D eigenvalue weighted by molar-refractivity contribution is 5.75. The Kier molecular flexibility index (Phi) is 5.15. The average Bonchev–Trinajstić information content (AvgIpc) is 1.80. The van der Waals surface area contributed by atoms with Gasteiger partial charge in [0.2, 0.25) is 5.91 Å². The lowest BCUT2D eigenvalue weighted by molar-refractivity contribution is -0.119. The molecule has 0 saturated heterocycles. The Bertz CT molecular complexity index is 85.0. The van der Waals surface area contributed by atoms with Gasteiger partial charge in [-0.2, -0.15) is 5.48 Å². The molecule has 4 heteroatoms. The zero-order valence-corrected chi connectivity index (χ0v) is 5.52. The zero-order valence-electron chi connectivity index (χ0n) is 5.52. The van der Waals surface area contributed by atoms with E-state index in [9.17, 15) is 4.79 Å². The van der Waals surface area contributed by atoms with Crippen molar-refractivity contribution in [1.29, 1.82) is 0 Å². The second-order valence-electron chi connectivity index (χ2n) is 1.64. The van der Waals surface area contributed by atoms with Crippen LogP contribution in [0, 0.1) is 0 Å². The van der Waals surface area contributed by atoms with Crippen LogP contribution < -0.4 is 11.2 Å². The van der Waals surface area contributed by atoms with Gasteiger partial charge in [0, 0.05) is 0 Å². The Labute approximate surface area is 54.3 Å². The molecule has 9 heavy (non-hydrogen) atoms. The normalized spacial score (nSPS) is 9.44. The third-order valence-corrected chi connectivity index (χ3v) is 0.655. The van der Waals surface area contributed by atoms with E-state index in [1.165, 1.54) is 0 Å². The van der Waals surface area contributed by atoms with E-state index in [1.807, 2.05) is 6.92 Å². The van der Waals surface area contributed by atoms with E-state index >= 15 is 0 Å². The molecule has 0 aliphatic carbocycles. The molecule has 0 rings (SSSR count). The molecule has 0 saturated carbocycles. The van der Waals surface area contributed by atoms with Crippen LogP contribution in [0.25, 0.3) is 0 Å². The summed E-state index contributed by atoms with van der Waals surface area (Å²) in [7, 11) is 0. The Morgan fingerprint density at radius 3 is 2.89 bits per heavy atom. The Hall–Kier alpha value is -0.610. The molecule has 0 spiro atoms. The van der Waals surface area contributed by atoms with Gasteiger partial charge in [-0.25, -0.2) is 0 Å². The quantitative estimate of drug-likeness (QED) is 0.388. The largest absolute Gasteiger partial charge is 0.368 e. The first-order chi connectivity index (χ1) is 4.27. The van der Waals surface area contributed by atoms with Crippen molar-refractivity contribution in [3.63, 3.8) is 0 Å². The molecule has 0 unspecified atom stereocenters. The summed E-state index contributed by atoms with van der Waals surface area (Å²) in [4.78, 5) is 14.8. The van der Waals surface area contributed by atoms with E-state index in [4.69, 9.17) is 10.6 Å². The topological polar surface area (TPSA) is 64.3 Å². The number of nitrogens with one attached hydrogen (secondary N) is 1. The van der Waals surface area contributed by atoms with Crippen LogP contribution in [0.3, 0.4) is 0 Å². The lowest BCUT2D eigenvalue weighted by Gasteiger charge is -1.99. The Morgan fingerprint density at radius 2 is 2.44 bits per heavy atom. The van der Waals surface area contributed by atoms with Crippen molar-refractivity contribution in [3.8, 4) is 0 Å². The second kappa shape index (κ2) is 5.53. The maximum atomic E-state index is 10.0. The van der Waals surface area contributed by atoms with Gasteiger partial charge >= 0.3 is 0 Å². The van der Waals surface area contributed by atoms with Gasteiger partial charge in [-0.1, -0.05) is 6.92 Å². The third kappa shape index (κ3) is 7.39. The summed E-state index contributed by atoms with van der Waals surface area (Å²) in [6.45, 7) is 2.67. The zero-order chi connectivity index (χ0) is 7.11. The summed E-state index contributed by atoms with van der Waals surface area (Å²) in [5.41, 5.74) is 7.20. The molecule has 3 N–H and O–H groups in total. The number of hydroxylamine groups is 1. The number of hydrogen-bond donors (Lipinski definition) is 2. The first-order valence-corrected chi connectivity index (χ1v) is 2.90. The van der Waals surface area contributed by atoms with E-state index in [2.05, 4.69) is 5.48 Å². The molecule has 0 aromatic carbocycles. The lowest BCUT2D eigenvalue weighted by atomic mass is 10.5. The molecule has 0 heterocycles. The maximum absolute atomic E-state index is 10.0. The molecule has 0 atom stereocenters. The summed E-state index contributed by atoms with van der Waals surface area (Å²) >= 11 is 0. The molecule has 1 amide bonds. The molecule has 0 radical (unpaired) electrons. The van der Waals surface area contributed by atoms with Crippen LogP contribution >= 0.6 is 0 Å². The number of hydrogen-bond acceptors (Lipinski definition) is 3. The molecule has 0 fully saturated rings. The molecule has 0 aliphatic heterocycles. The second-order valence-corrected chi connectivity index (χ2v) is 1.64. The monoisotopic (exact) mass is 132 g/mol. The van der Waals surface area contributed by atoms with Crippen LogP contribution in [0.1, 0.15) is 13.3 Å². The average molecular weight is 132 g/mol. The molecular formula is C5H12N2O2. The Morgan fingerprint density at radius 1 is 1.78 bits per heavy atom. The van der Waals surface area contributed by atoms with Crippen molar-refractivity contribution >= 4 is 5.91 Å². The van der Waals surface area contributed by atoms with Crippen LogP contribution in [0.2, 0.25) is 0 Å². The summed E-state index contributed by atoms with van der Waals surface area (Å²) in [6, 6.07) is 0. The highest BCUT2D eigenvalue weighted by atomic mass is 16.6. The van der Waals surface area contributed by atoms with Gasteiger partial charge in [0.25, 0.3) is 0 Å². The first-order valence-electron chi connectivity index (χ1n) is 2.90. The van der Waals surface area contributed by atoms with Gasteiger partial charge in [0.05, 0.1) is 13.2 Å². The molecular weight excluding hydrogens is 120 g/mol. The van der Waals surface area contributed by atoms with Crippen molar-refractivity contribution in [2.24, 2.45) is 5.73 Å². The SMILES string of the molecule is CCCONCC(N)=O. The van der Waals surface area contributed by atoms with Crippen molar-refractivity contribution in [2.75, 3.05) is 13.2 Å². The van der Waals surface area contributed by atoms with E-state index in [0.29, 0.717) is 6.61 Å². The molecule has 4 nitrogen and oxygen atoms in total. The number of carbonyl (C=O) groups is 1. The number of carbonyl (C=O) groups excluding carboxylic acids is 1. The molecule has 0 aromatic rings. The van der Waals surface area contributed by atoms with Gasteiger partial charge in [0.1, 0.15) is 0 Å². The fourth-order valence-electron chi connectivity index (χ4n) is 0.296. The number of nitrogens with two attached hydrogens (primary N) is 1. The van der Waals surface area contributed by atoms with Gasteiger partial charge in [-0.15, -0.1) is 0 Å². The van der Waals surface area contributed by atoms with E-state index in [-0.39, 0.29) is 6.54 Å². The van der Waals surface area contributed by atoms with E-state index in [0.717, 1.165) is 6.42 Å². The summed E-state index contributed by atoms with van der Waals surface area (Å²) in [6.07, 6.45) is 0.922. The van der Waals surface area contributed by atoms with Crippen molar-refractivity contribution < 1.29 is 9.63 Å². The minimum atomic E-state index is -0.411. The summed E-state index contributed by atoms with van der Waals surface area (Å²) in [5, 5.41) is 0. The van der Waals surface area contributed by atoms with Crippen LogP contribution in [0.4, 0.5) is 0 Å². The molecule has 0 aromatic heterocycles. The summed E-state index contributed by atoms with van der Waals surface area (Å²) < 4.78 is 0. The van der Waals surface area contributed by atoms with Crippen LogP contribution in [0.15, 0.2) is 0 Å². The lowest BCUT2D eigenvalue weighted by Crippen LogP contribution is -2.28. The molecule has 0 bridgehead atoms. The van der Waals surface area contributed by atoms with Gasteiger partial charge < -0.3 is 10.6 Å². The van der Waals surface area contributed by atoms with E-state index < -0.39 is 5.91 Å². The van der Waals surface area contributed by atoms with Gasteiger partial charge in [-0.3, -0.25) is 4.79 Å².